The maximum absolute atomic E-state index is 6.52. The average molecular weight is 623 g/mol. The molecule has 0 N–H and O–H groups in total. The van der Waals surface area contributed by atoms with E-state index in [9.17, 15) is 0 Å². The Morgan fingerprint density at radius 2 is 0.714 bits per heavy atom. The maximum atomic E-state index is 6.52. The Morgan fingerprint density at radius 1 is 0.265 bits per heavy atom. The molecular formula is C48H30O. The monoisotopic (exact) mass is 622 g/mol. The normalized spacial score (nSPS) is 11.7. The topological polar surface area (TPSA) is 13.1 Å². The largest absolute Gasteiger partial charge is 0.455 e. The van der Waals surface area contributed by atoms with Crippen LogP contribution in [0.4, 0.5) is 0 Å². The van der Waals surface area contributed by atoms with Crippen LogP contribution >= 0.6 is 0 Å². The van der Waals surface area contributed by atoms with E-state index in [0.717, 1.165) is 27.3 Å². The lowest BCUT2D eigenvalue weighted by atomic mass is 9.80. The van der Waals surface area contributed by atoms with Gasteiger partial charge in [0.05, 0.1) is 0 Å². The first kappa shape index (κ1) is 27.7. The van der Waals surface area contributed by atoms with E-state index in [4.69, 9.17) is 4.42 Å². The summed E-state index contributed by atoms with van der Waals surface area (Å²) >= 11 is 0. The zero-order valence-electron chi connectivity index (χ0n) is 26.7. The molecule has 1 aromatic heterocycles. The second-order valence-corrected chi connectivity index (χ2v) is 12.7. The van der Waals surface area contributed by atoms with E-state index < -0.39 is 0 Å². The highest BCUT2D eigenvalue weighted by atomic mass is 16.3. The van der Waals surface area contributed by atoms with E-state index in [-0.39, 0.29) is 0 Å². The molecule has 1 heteroatoms. The molecular weight excluding hydrogens is 593 g/mol. The Balaban J connectivity index is 1.39. The van der Waals surface area contributed by atoms with E-state index in [1.807, 2.05) is 6.07 Å². The standard InChI is InChI=1S/C48H30O/c1-3-16-31(17-4-1)33-27-15-28-34(32-18-5-2-6-19-32)46(33)47-39-24-10-8-22-37(39)45(38-23-9-11-25-40(38)47)42-30-43-36-21-13-14-29-44(36)49-48(43)41-26-12-7-20-35(41)42/h1-30H. The number of benzene rings is 9. The SMILES string of the molecule is c1ccc(-c2cccc(-c3ccccc3)c2-c2c3ccccc3c(-c3cc4c5ccccc5oc4c4ccccc34)c3ccccc23)cc1. The third-order valence-corrected chi connectivity index (χ3v) is 10.1. The van der Waals surface area contributed by atoms with Crippen LogP contribution in [-0.2, 0) is 0 Å². The molecule has 49 heavy (non-hydrogen) atoms. The summed E-state index contributed by atoms with van der Waals surface area (Å²) in [7, 11) is 0. The van der Waals surface area contributed by atoms with Crippen LogP contribution in [0.1, 0.15) is 0 Å². The highest BCUT2D eigenvalue weighted by Gasteiger charge is 2.23. The number of furan rings is 1. The fourth-order valence-electron chi connectivity index (χ4n) is 7.98. The summed E-state index contributed by atoms with van der Waals surface area (Å²) in [4.78, 5) is 0. The van der Waals surface area contributed by atoms with Gasteiger partial charge in [-0.2, -0.15) is 0 Å². The van der Waals surface area contributed by atoms with Crippen molar-refractivity contribution >= 4 is 54.3 Å². The number of hydrogen-bond donors (Lipinski definition) is 0. The van der Waals surface area contributed by atoms with E-state index in [1.54, 1.807) is 0 Å². The van der Waals surface area contributed by atoms with Crippen molar-refractivity contribution in [2.75, 3.05) is 0 Å². The number of hydrogen-bond acceptors (Lipinski definition) is 1. The predicted octanol–water partition coefficient (Wildman–Crippen LogP) is 13.7. The fraction of sp³-hybridized carbons (Fsp3) is 0. The fourth-order valence-corrected chi connectivity index (χ4v) is 7.98. The minimum Gasteiger partial charge on any atom is -0.455 e. The first-order valence-electron chi connectivity index (χ1n) is 16.9. The van der Waals surface area contributed by atoms with Crippen molar-refractivity contribution in [2.24, 2.45) is 0 Å². The van der Waals surface area contributed by atoms with Crippen LogP contribution in [0.2, 0.25) is 0 Å². The smallest absolute Gasteiger partial charge is 0.143 e. The van der Waals surface area contributed by atoms with Gasteiger partial charge in [-0.05, 0) is 83.6 Å². The van der Waals surface area contributed by atoms with Crippen molar-refractivity contribution in [2.45, 2.75) is 0 Å². The van der Waals surface area contributed by atoms with Crippen LogP contribution in [-0.4, -0.2) is 0 Å². The molecule has 0 unspecified atom stereocenters. The van der Waals surface area contributed by atoms with E-state index in [1.165, 1.54) is 71.4 Å². The Hall–Kier alpha value is -6.44. The van der Waals surface area contributed by atoms with Crippen molar-refractivity contribution in [3.05, 3.63) is 182 Å². The van der Waals surface area contributed by atoms with Gasteiger partial charge < -0.3 is 4.42 Å². The minimum absolute atomic E-state index is 0.913. The van der Waals surface area contributed by atoms with E-state index in [2.05, 4.69) is 176 Å². The Labute approximate surface area is 284 Å². The molecule has 0 radical (unpaired) electrons. The quantitative estimate of drug-likeness (QED) is 0.178. The molecule has 10 aromatic rings. The highest BCUT2D eigenvalue weighted by Crippen LogP contribution is 2.51. The van der Waals surface area contributed by atoms with Crippen molar-refractivity contribution in [3.63, 3.8) is 0 Å². The van der Waals surface area contributed by atoms with Gasteiger partial charge in [-0.15, -0.1) is 0 Å². The molecule has 0 aliphatic heterocycles. The van der Waals surface area contributed by atoms with Crippen molar-refractivity contribution < 1.29 is 4.42 Å². The average Bonchev–Trinajstić information content (AvgIpc) is 3.56. The molecule has 228 valence electrons. The number of fused-ring (bicyclic) bond motifs is 7. The molecule has 0 saturated heterocycles. The Kier molecular flexibility index (Phi) is 6.25. The molecule has 0 bridgehead atoms. The molecule has 0 fully saturated rings. The number of rotatable bonds is 4. The van der Waals surface area contributed by atoms with Gasteiger partial charge in [0.2, 0.25) is 0 Å². The van der Waals surface area contributed by atoms with E-state index in [0.29, 0.717) is 0 Å². The summed E-state index contributed by atoms with van der Waals surface area (Å²) in [6.07, 6.45) is 0. The zero-order valence-corrected chi connectivity index (χ0v) is 26.7. The molecule has 0 saturated carbocycles. The van der Waals surface area contributed by atoms with Gasteiger partial charge in [0.1, 0.15) is 11.2 Å². The lowest BCUT2D eigenvalue weighted by molar-refractivity contribution is 0.672. The molecule has 0 amide bonds. The molecule has 9 aromatic carbocycles. The second-order valence-electron chi connectivity index (χ2n) is 12.7. The molecule has 0 spiro atoms. The second kappa shape index (κ2) is 11.1. The zero-order chi connectivity index (χ0) is 32.3. The van der Waals surface area contributed by atoms with Crippen LogP contribution in [0, 0.1) is 0 Å². The van der Waals surface area contributed by atoms with Gasteiger partial charge in [0.25, 0.3) is 0 Å². The summed E-state index contributed by atoms with van der Waals surface area (Å²) < 4.78 is 6.52. The maximum Gasteiger partial charge on any atom is 0.143 e. The summed E-state index contributed by atoms with van der Waals surface area (Å²) in [5.74, 6) is 0. The molecule has 0 aliphatic rings. The third-order valence-electron chi connectivity index (χ3n) is 10.1. The third kappa shape index (κ3) is 4.26. The highest BCUT2D eigenvalue weighted by molar-refractivity contribution is 6.28. The summed E-state index contributed by atoms with van der Waals surface area (Å²) in [5.41, 5.74) is 11.7. The first-order valence-corrected chi connectivity index (χ1v) is 16.9. The Bertz CT molecular complexity index is 2750. The molecule has 0 aliphatic carbocycles. The van der Waals surface area contributed by atoms with Gasteiger partial charge in [-0.3, -0.25) is 0 Å². The lowest BCUT2D eigenvalue weighted by Gasteiger charge is -2.23. The first-order chi connectivity index (χ1) is 24.3. The van der Waals surface area contributed by atoms with Crippen LogP contribution in [0.3, 0.4) is 0 Å². The lowest BCUT2D eigenvalue weighted by Crippen LogP contribution is -1.95. The summed E-state index contributed by atoms with van der Waals surface area (Å²) in [5, 5.41) is 9.53. The van der Waals surface area contributed by atoms with E-state index >= 15 is 0 Å². The molecule has 10 rings (SSSR count). The van der Waals surface area contributed by atoms with Gasteiger partial charge in [0, 0.05) is 16.2 Å². The van der Waals surface area contributed by atoms with Crippen molar-refractivity contribution in [1.29, 1.82) is 0 Å². The van der Waals surface area contributed by atoms with Crippen LogP contribution in [0.25, 0.3) is 98.8 Å². The minimum atomic E-state index is 0.913. The molecule has 1 nitrogen and oxygen atoms in total. The molecule has 0 atom stereocenters. The van der Waals surface area contributed by atoms with Crippen LogP contribution in [0.5, 0.6) is 0 Å². The van der Waals surface area contributed by atoms with Crippen molar-refractivity contribution in [1.82, 2.24) is 0 Å². The predicted molar refractivity (Wildman–Crippen MR) is 208 cm³/mol. The van der Waals surface area contributed by atoms with Gasteiger partial charge >= 0.3 is 0 Å². The van der Waals surface area contributed by atoms with Gasteiger partial charge in [-0.1, -0.05) is 170 Å². The van der Waals surface area contributed by atoms with Gasteiger partial charge in [-0.25, -0.2) is 0 Å². The summed E-state index contributed by atoms with van der Waals surface area (Å²) in [6, 6.07) is 65.8. The van der Waals surface area contributed by atoms with Crippen LogP contribution < -0.4 is 0 Å². The summed E-state index contributed by atoms with van der Waals surface area (Å²) in [6.45, 7) is 0. The molecule has 1 heterocycles. The number of para-hydroxylation sites is 1. The van der Waals surface area contributed by atoms with Crippen molar-refractivity contribution in [3.8, 4) is 44.5 Å². The van der Waals surface area contributed by atoms with Crippen LogP contribution in [0.15, 0.2) is 186 Å². The van der Waals surface area contributed by atoms with Gasteiger partial charge in [0.15, 0.2) is 0 Å². The Morgan fingerprint density at radius 3 is 1.29 bits per heavy atom.